The van der Waals surface area contributed by atoms with Gasteiger partial charge in [-0.1, -0.05) is 6.07 Å². The van der Waals surface area contributed by atoms with Crippen LogP contribution in [0.15, 0.2) is 42.5 Å². The number of carboxylic acid groups (broad SMARTS) is 2. The minimum Gasteiger partial charge on any atom is -0.493 e. The summed E-state index contributed by atoms with van der Waals surface area (Å²) >= 11 is 0. The normalized spacial score (nSPS) is 9.60. The Hall–Kier alpha value is -4.75. The molecule has 2 aromatic carbocycles. The molecular formula is C27H33NO12. The number of rotatable bonds is 10. The number of aliphatic hydroxyl groups excluding tert-OH is 2. The monoisotopic (exact) mass is 563 g/mol. The molecule has 13 nitrogen and oxygen atoms in total. The van der Waals surface area contributed by atoms with Crippen LogP contribution in [0.2, 0.25) is 0 Å². The third kappa shape index (κ3) is 8.64. The third-order valence-electron chi connectivity index (χ3n) is 5.06. The van der Waals surface area contributed by atoms with E-state index in [1.165, 1.54) is 66.9 Å². The molecule has 0 aliphatic carbocycles. The first-order valence-corrected chi connectivity index (χ1v) is 11.4. The molecular weight excluding hydrogens is 530 g/mol. The first-order valence-electron chi connectivity index (χ1n) is 11.4. The quantitative estimate of drug-likeness (QED) is 0.283. The first kappa shape index (κ1) is 33.3. The number of aromatic nitrogens is 1. The maximum Gasteiger partial charge on any atom is 0.339 e. The number of nitrogens with zero attached hydrogens (tertiary/aromatic N) is 1. The Kier molecular flexibility index (Phi) is 14.1. The number of benzene rings is 2. The fourth-order valence-corrected chi connectivity index (χ4v) is 3.24. The van der Waals surface area contributed by atoms with Gasteiger partial charge in [0.1, 0.15) is 11.1 Å². The number of methoxy groups -OCH3 is 6. The van der Waals surface area contributed by atoms with E-state index in [9.17, 15) is 9.59 Å². The molecule has 13 heteroatoms. The fourth-order valence-electron chi connectivity index (χ4n) is 3.24. The van der Waals surface area contributed by atoms with Crippen LogP contribution in [0.25, 0.3) is 0 Å². The van der Waals surface area contributed by atoms with Crippen LogP contribution < -0.4 is 28.4 Å². The summed E-state index contributed by atoms with van der Waals surface area (Å²) in [5.41, 5.74) is 1.25. The van der Waals surface area contributed by atoms with E-state index in [0.29, 0.717) is 22.9 Å². The summed E-state index contributed by atoms with van der Waals surface area (Å²) in [6.07, 6.45) is 0. The Morgan fingerprint density at radius 3 is 1.18 bits per heavy atom. The van der Waals surface area contributed by atoms with Gasteiger partial charge in [-0.3, -0.25) is 4.98 Å². The van der Waals surface area contributed by atoms with Crippen LogP contribution in [-0.2, 0) is 13.2 Å². The minimum atomic E-state index is -1.08. The van der Waals surface area contributed by atoms with Crippen molar-refractivity contribution >= 4 is 11.9 Å². The lowest BCUT2D eigenvalue weighted by molar-refractivity contribution is 0.0681. The van der Waals surface area contributed by atoms with Gasteiger partial charge in [0.05, 0.1) is 67.3 Å². The Morgan fingerprint density at radius 2 is 0.925 bits per heavy atom. The van der Waals surface area contributed by atoms with Gasteiger partial charge in [0.2, 0.25) is 11.5 Å². The zero-order chi connectivity index (χ0) is 30.2. The average Bonchev–Trinajstić information content (AvgIpc) is 2.99. The van der Waals surface area contributed by atoms with Gasteiger partial charge in [-0.2, -0.15) is 0 Å². The topological polar surface area (TPSA) is 183 Å². The minimum absolute atomic E-state index is 0.0372. The molecule has 0 saturated heterocycles. The molecule has 40 heavy (non-hydrogen) atoms. The van der Waals surface area contributed by atoms with Crippen molar-refractivity contribution in [2.45, 2.75) is 13.2 Å². The highest BCUT2D eigenvalue weighted by Crippen LogP contribution is 2.40. The van der Waals surface area contributed by atoms with E-state index < -0.39 is 11.9 Å². The van der Waals surface area contributed by atoms with Crippen molar-refractivity contribution in [3.05, 3.63) is 65.0 Å². The van der Waals surface area contributed by atoms with E-state index in [-0.39, 0.29) is 47.3 Å². The summed E-state index contributed by atoms with van der Waals surface area (Å²) in [6.45, 7) is -0.151. The van der Waals surface area contributed by atoms with E-state index in [0.717, 1.165) is 0 Å². The lowest BCUT2D eigenvalue weighted by atomic mass is 10.1. The van der Waals surface area contributed by atoms with Gasteiger partial charge in [-0.15, -0.1) is 0 Å². The van der Waals surface area contributed by atoms with Crippen molar-refractivity contribution in [2.75, 3.05) is 42.7 Å². The highest BCUT2D eigenvalue weighted by molar-refractivity contribution is 5.93. The van der Waals surface area contributed by atoms with Crippen LogP contribution in [0.3, 0.4) is 0 Å². The molecule has 0 radical (unpaired) electrons. The van der Waals surface area contributed by atoms with Crippen LogP contribution in [-0.4, -0.2) is 80.0 Å². The van der Waals surface area contributed by atoms with E-state index >= 15 is 0 Å². The second kappa shape index (κ2) is 17.0. The van der Waals surface area contributed by atoms with E-state index in [2.05, 4.69) is 4.98 Å². The molecule has 218 valence electrons. The summed E-state index contributed by atoms with van der Waals surface area (Å²) in [5.74, 6) is -0.423. The predicted molar refractivity (Wildman–Crippen MR) is 142 cm³/mol. The van der Waals surface area contributed by atoms with Crippen molar-refractivity contribution in [3.63, 3.8) is 0 Å². The maximum absolute atomic E-state index is 10.9. The van der Waals surface area contributed by atoms with Gasteiger partial charge in [-0.05, 0) is 36.4 Å². The molecule has 0 aliphatic rings. The zero-order valence-corrected chi connectivity index (χ0v) is 23.0. The molecule has 0 atom stereocenters. The third-order valence-corrected chi connectivity index (χ3v) is 5.06. The van der Waals surface area contributed by atoms with Gasteiger partial charge in [-0.25, -0.2) is 9.59 Å². The predicted octanol–water partition coefficient (Wildman–Crippen LogP) is 2.89. The fraction of sp³-hybridized carbons (Fsp3) is 0.296. The Balaban J connectivity index is 0.000000307. The Morgan fingerprint density at radius 1 is 0.575 bits per heavy atom. The van der Waals surface area contributed by atoms with Crippen LogP contribution >= 0.6 is 0 Å². The largest absolute Gasteiger partial charge is 0.493 e. The van der Waals surface area contributed by atoms with Gasteiger partial charge in [0, 0.05) is 0 Å². The second-order valence-corrected chi connectivity index (χ2v) is 7.31. The van der Waals surface area contributed by atoms with Crippen LogP contribution in [0.5, 0.6) is 34.5 Å². The number of carboxylic acids is 2. The lowest BCUT2D eigenvalue weighted by Gasteiger charge is -2.13. The van der Waals surface area contributed by atoms with Crippen molar-refractivity contribution in [2.24, 2.45) is 0 Å². The number of hydrogen-bond donors (Lipinski definition) is 4. The van der Waals surface area contributed by atoms with Crippen LogP contribution in [0.1, 0.15) is 32.1 Å². The van der Waals surface area contributed by atoms with Gasteiger partial charge < -0.3 is 48.8 Å². The summed E-state index contributed by atoms with van der Waals surface area (Å²) in [4.78, 5) is 25.7. The second-order valence-electron chi connectivity index (χ2n) is 7.31. The Bertz CT molecular complexity index is 1170. The first-order chi connectivity index (χ1) is 19.2. The summed E-state index contributed by atoms with van der Waals surface area (Å²) in [5, 5.41) is 35.0. The molecule has 0 unspecified atom stereocenters. The van der Waals surface area contributed by atoms with E-state index in [4.69, 9.17) is 48.8 Å². The molecule has 0 aliphatic heterocycles. The van der Waals surface area contributed by atoms with Crippen molar-refractivity contribution in [1.29, 1.82) is 0 Å². The van der Waals surface area contributed by atoms with Gasteiger partial charge in [0.15, 0.2) is 23.0 Å². The maximum atomic E-state index is 10.9. The number of aromatic carboxylic acids is 2. The summed E-state index contributed by atoms with van der Waals surface area (Å²) < 4.78 is 30.1. The van der Waals surface area contributed by atoms with Crippen LogP contribution in [0.4, 0.5) is 0 Å². The van der Waals surface area contributed by atoms with E-state index in [1.54, 1.807) is 18.2 Å². The molecule has 0 bridgehead atoms. The van der Waals surface area contributed by atoms with Gasteiger partial charge >= 0.3 is 11.9 Å². The molecule has 0 spiro atoms. The van der Waals surface area contributed by atoms with Crippen molar-refractivity contribution in [3.8, 4) is 34.5 Å². The molecule has 0 amide bonds. The highest BCUT2D eigenvalue weighted by atomic mass is 16.5. The molecule has 1 aromatic heterocycles. The van der Waals surface area contributed by atoms with Crippen molar-refractivity contribution < 1.29 is 58.4 Å². The zero-order valence-electron chi connectivity index (χ0n) is 23.0. The SMILES string of the molecule is COc1ccc(C(=O)O)c(OC)c1OC.COc1ccc(C(=O)O)c(OC)c1OC.OCc1cccc(CO)n1. The summed E-state index contributed by atoms with van der Waals surface area (Å²) in [6, 6.07) is 11.0. The number of pyridine rings is 1. The molecule has 3 aromatic rings. The highest BCUT2D eigenvalue weighted by Gasteiger charge is 2.20. The number of ether oxygens (including phenoxy) is 6. The van der Waals surface area contributed by atoms with Crippen LogP contribution in [0, 0.1) is 0 Å². The van der Waals surface area contributed by atoms with Gasteiger partial charge in [0.25, 0.3) is 0 Å². The molecule has 0 saturated carbocycles. The number of hydrogen-bond acceptors (Lipinski definition) is 11. The molecule has 0 fully saturated rings. The Labute approximate surface area is 231 Å². The number of carbonyl (C=O) groups is 2. The standard InChI is InChI=1S/2C10H12O5.C7H9NO2/c2*1-13-7-5-4-6(10(11)12)8(14-2)9(7)15-3;9-4-6-2-1-3-7(5-10)8-6/h2*4-5H,1-3H3,(H,11,12);1-3,9-10H,4-5H2. The van der Waals surface area contributed by atoms with Crippen molar-refractivity contribution in [1.82, 2.24) is 4.98 Å². The average molecular weight is 564 g/mol. The molecule has 4 N–H and O–H groups in total. The lowest BCUT2D eigenvalue weighted by Crippen LogP contribution is -2.03. The number of aliphatic hydroxyl groups is 2. The molecule has 1 heterocycles. The smallest absolute Gasteiger partial charge is 0.339 e. The summed E-state index contributed by atoms with van der Waals surface area (Å²) in [7, 11) is 8.54. The molecule has 3 rings (SSSR count). The van der Waals surface area contributed by atoms with E-state index in [1.807, 2.05) is 0 Å².